The van der Waals surface area contributed by atoms with Gasteiger partial charge in [0, 0.05) is 26.3 Å². The van der Waals surface area contributed by atoms with E-state index in [9.17, 15) is 4.79 Å². The third-order valence-corrected chi connectivity index (χ3v) is 3.33. The van der Waals surface area contributed by atoms with E-state index in [0.29, 0.717) is 30.0 Å². The summed E-state index contributed by atoms with van der Waals surface area (Å²) >= 11 is 1.33. The van der Waals surface area contributed by atoms with E-state index in [4.69, 9.17) is 10.5 Å². The van der Waals surface area contributed by atoms with Gasteiger partial charge in [0.2, 0.25) is 11.9 Å². The molecule has 3 N–H and O–H groups in total. The van der Waals surface area contributed by atoms with E-state index in [2.05, 4.69) is 15.5 Å². The average molecular weight is 287 g/mol. The second-order valence-electron chi connectivity index (χ2n) is 4.29. The molecule has 0 unspecified atom stereocenters. The molecule has 19 heavy (non-hydrogen) atoms. The van der Waals surface area contributed by atoms with E-state index in [1.165, 1.54) is 11.8 Å². The van der Waals surface area contributed by atoms with Crippen LogP contribution in [0.15, 0.2) is 5.16 Å². The Morgan fingerprint density at radius 1 is 1.53 bits per heavy atom. The van der Waals surface area contributed by atoms with Crippen LogP contribution < -0.4 is 11.1 Å². The normalized spacial score (nSPS) is 10.9. The van der Waals surface area contributed by atoms with Crippen molar-refractivity contribution in [2.75, 3.05) is 31.7 Å². The van der Waals surface area contributed by atoms with Gasteiger partial charge in [-0.2, -0.15) is 0 Å². The van der Waals surface area contributed by atoms with Crippen molar-refractivity contribution >= 4 is 23.6 Å². The van der Waals surface area contributed by atoms with Gasteiger partial charge in [-0.15, -0.1) is 10.2 Å². The summed E-state index contributed by atoms with van der Waals surface area (Å²) in [6, 6.07) is 0.169. The first-order valence-electron chi connectivity index (χ1n) is 6.15. The summed E-state index contributed by atoms with van der Waals surface area (Å²) in [6.07, 6.45) is 0.808. The highest BCUT2D eigenvalue weighted by Gasteiger charge is 2.14. The van der Waals surface area contributed by atoms with Crippen molar-refractivity contribution in [2.45, 2.75) is 31.5 Å². The van der Waals surface area contributed by atoms with Gasteiger partial charge in [0.15, 0.2) is 5.16 Å². The highest BCUT2D eigenvalue weighted by molar-refractivity contribution is 7.99. The monoisotopic (exact) mass is 287 g/mol. The number of nitrogens with two attached hydrogens (primary N) is 1. The molecule has 0 aliphatic heterocycles. The topological polar surface area (TPSA) is 95.1 Å². The lowest BCUT2D eigenvalue weighted by Crippen LogP contribution is -2.27. The van der Waals surface area contributed by atoms with Gasteiger partial charge in [-0.1, -0.05) is 11.8 Å². The number of methoxy groups -OCH3 is 1. The number of hydrogen-bond donors (Lipinski definition) is 2. The van der Waals surface area contributed by atoms with Crippen LogP contribution in [0, 0.1) is 0 Å². The Hall–Kier alpha value is -1.28. The third kappa shape index (κ3) is 5.07. The minimum Gasteiger partial charge on any atom is -0.385 e. The van der Waals surface area contributed by atoms with Gasteiger partial charge in [-0.3, -0.25) is 9.36 Å². The maximum absolute atomic E-state index is 11.6. The Kier molecular flexibility index (Phi) is 6.65. The molecule has 0 atom stereocenters. The minimum absolute atomic E-state index is 0.0296. The first-order valence-corrected chi connectivity index (χ1v) is 7.13. The van der Waals surface area contributed by atoms with Gasteiger partial charge in [-0.25, -0.2) is 0 Å². The molecule has 1 rings (SSSR count). The first kappa shape index (κ1) is 15.8. The van der Waals surface area contributed by atoms with Crippen LogP contribution >= 0.6 is 11.8 Å². The Balaban J connectivity index is 2.38. The molecule has 0 radical (unpaired) electrons. The second-order valence-corrected chi connectivity index (χ2v) is 5.23. The number of thioether (sulfide) groups is 1. The molecule has 1 amide bonds. The molecule has 1 aromatic heterocycles. The Bertz CT molecular complexity index is 408. The lowest BCUT2D eigenvalue weighted by molar-refractivity contribution is -0.118. The highest BCUT2D eigenvalue weighted by Crippen LogP contribution is 2.22. The Morgan fingerprint density at radius 2 is 2.26 bits per heavy atom. The molecule has 0 aromatic carbocycles. The van der Waals surface area contributed by atoms with Crippen LogP contribution in [0.4, 0.5) is 5.95 Å². The number of aromatic nitrogens is 3. The van der Waals surface area contributed by atoms with Gasteiger partial charge in [0.25, 0.3) is 0 Å². The maximum atomic E-state index is 11.6. The number of nitrogens with zero attached hydrogens (tertiary/aromatic N) is 3. The number of anilines is 1. The van der Waals surface area contributed by atoms with E-state index >= 15 is 0 Å². The molecule has 0 fully saturated rings. The molecule has 0 bridgehead atoms. The number of ether oxygens (including phenoxy) is 1. The van der Waals surface area contributed by atoms with Gasteiger partial charge in [0.05, 0.1) is 5.75 Å². The van der Waals surface area contributed by atoms with E-state index < -0.39 is 0 Å². The molecule has 1 aromatic rings. The fraction of sp³-hybridized carbons (Fsp3) is 0.727. The van der Waals surface area contributed by atoms with Crippen LogP contribution in [0.25, 0.3) is 0 Å². The van der Waals surface area contributed by atoms with E-state index in [1.54, 1.807) is 7.11 Å². The third-order valence-electron chi connectivity index (χ3n) is 2.39. The fourth-order valence-corrected chi connectivity index (χ4v) is 2.40. The summed E-state index contributed by atoms with van der Waals surface area (Å²) in [5.74, 6) is 0.647. The summed E-state index contributed by atoms with van der Waals surface area (Å²) in [5.41, 5.74) is 5.72. The van der Waals surface area contributed by atoms with Crippen LogP contribution in [-0.2, 0) is 9.53 Å². The SMILES string of the molecule is COCCCNC(=O)CSc1nnc(N)n1C(C)C. The highest BCUT2D eigenvalue weighted by atomic mass is 32.2. The molecule has 0 aliphatic rings. The van der Waals surface area contributed by atoms with Crippen LogP contribution in [0.5, 0.6) is 0 Å². The minimum atomic E-state index is -0.0296. The smallest absolute Gasteiger partial charge is 0.230 e. The van der Waals surface area contributed by atoms with Crippen LogP contribution in [0.1, 0.15) is 26.3 Å². The van der Waals surface area contributed by atoms with Crippen molar-refractivity contribution in [3.63, 3.8) is 0 Å². The molecular formula is C11H21N5O2S. The zero-order chi connectivity index (χ0) is 14.3. The standard InChI is InChI=1S/C11H21N5O2S/c1-8(2)16-10(12)14-15-11(16)19-7-9(17)13-5-4-6-18-3/h8H,4-7H2,1-3H3,(H2,12,14)(H,13,17). The van der Waals surface area contributed by atoms with Crippen molar-refractivity contribution < 1.29 is 9.53 Å². The van der Waals surface area contributed by atoms with Crippen LogP contribution in [0.3, 0.4) is 0 Å². The van der Waals surface area contributed by atoms with Crippen molar-refractivity contribution in [2.24, 2.45) is 0 Å². The fourth-order valence-electron chi connectivity index (χ4n) is 1.50. The predicted octanol–water partition coefficient (Wildman–Crippen LogP) is 0.686. The number of hydrogen-bond acceptors (Lipinski definition) is 6. The van der Waals surface area contributed by atoms with Gasteiger partial charge < -0.3 is 15.8 Å². The van der Waals surface area contributed by atoms with Crippen molar-refractivity contribution in [3.8, 4) is 0 Å². The molecule has 7 nitrogen and oxygen atoms in total. The number of carbonyl (C=O) groups is 1. The zero-order valence-corrected chi connectivity index (χ0v) is 12.4. The molecular weight excluding hydrogens is 266 g/mol. The summed E-state index contributed by atoms with van der Waals surface area (Å²) in [4.78, 5) is 11.6. The summed E-state index contributed by atoms with van der Waals surface area (Å²) < 4.78 is 6.71. The van der Waals surface area contributed by atoms with Crippen LogP contribution in [0.2, 0.25) is 0 Å². The van der Waals surface area contributed by atoms with Crippen molar-refractivity contribution in [3.05, 3.63) is 0 Å². The molecule has 8 heteroatoms. The molecule has 0 spiro atoms. The first-order chi connectivity index (χ1) is 9.06. The van der Waals surface area contributed by atoms with E-state index in [0.717, 1.165) is 6.42 Å². The average Bonchev–Trinajstić information content (AvgIpc) is 2.73. The molecule has 0 aliphatic carbocycles. The number of carbonyl (C=O) groups excluding carboxylic acids is 1. The molecule has 108 valence electrons. The van der Waals surface area contributed by atoms with Gasteiger partial charge in [-0.05, 0) is 20.3 Å². The lowest BCUT2D eigenvalue weighted by Gasteiger charge is -2.11. The predicted molar refractivity (Wildman–Crippen MR) is 75.0 cm³/mol. The summed E-state index contributed by atoms with van der Waals surface area (Å²) in [7, 11) is 1.64. The summed E-state index contributed by atoms with van der Waals surface area (Å²) in [6.45, 7) is 5.25. The van der Waals surface area contributed by atoms with Crippen LogP contribution in [-0.4, -0.2) is 46.7 Å². The molecule has 1 heterocycles. The largest absolute Gasteiger partial charge is 0.385 e. The second kappa shape index (κ2) is 8.00. The molecule has 0 saturated heterocycles. The van der Waals surface area contributed by atoms with E-state index in [-0.39, 0.29) is 11.9 Å². The zero-order valence-electron chi connectivity index (χ0n) is 11.5. The van der Waals surface area contributed by atoms with Crippen molar-refractivity contribution in [1.29, 1.82) is 0 Å². The van der Waals surface area contributed by atoms with E-state index in [1.807, 2.05) is 18.4 Å². The maximum Gasteiger partial charge on any atom is 0.230 e. The number of amides is 1. The Labute approximate surface area is 117 Å². The van der Waals surface area contributed by atoms with Gasteiger partial charge in [0.1, 0.15) is 0 Å². The van der Waals surface area contributed by atoms with Gasteiger partial charge >= 0.3 is 0 Å². The quantitative estimate of drug-likeness (QED) is 0.539. The number of nitrogen functional groups attached to an aromatic ring is 1. The molecule has 0 saturated carbocycles. The Morgan fingerprint density at radius 3 is 2.89 bits per heavy atom. The summed E-state index contributed by atoms with van der Waals surface area (Å²) in [5, 5.41) is 11.3. The number of nitrogens with one attached hydrogen (secondary N) is 1. The number of rotatable bonds is 8. The van der Waals surface area contributed by atoms with Crippen molar-refractivity contribution in [1.82, 2.24) is 20.1 Å². The lowest BCUT2D eigenvalue weighted by atomic mass is 10.4.